The number of para-hydroxylation sites is 2. The quantitative estimate of drug-likeness (QED) is 0.513. The van der Waals surface area contributed by atoms with Gasteiger partial charge in [0.15, 0.2) is 0 Å². The predicted molar refractivity (Wildman–Crippen MR) is 126 cm³/mol. The molecule has 2 aromatic carbocycles. The average molecular weight is 451 g/mol. The lowest BCUT2D eigenvalue weighted by Crippen LogP contribution is -2.35. The molecule has 0 fully saturated rings. The molecule has 1 aliphatic rings. The smallest absolute Gasteiger partial charge is 0.341 e. The zero-order valence-electron chi connectivity index (χ0n) is 18.4. The van der Waals surface area contributed by atoms with Crippen LogP contribution in [-0.2, 0) is 17.7 Å². The number of rotatable bonds is 6. The van der Waals surface area contributed by atoms with E-state index in [4.69, 9.17) is 9.47 Å². The van der Waals surface area contributed by atoms with E-state index < -0.39 is 5.97 Å². The number of nitrogens with zero attached hydrogens (tertiary/aromatic N) is 1. The molecule has 0 saturated carbocycles. The minimum atomic E-state index is -0.426. The molecular weight excluding hydrogens is 424 g/mol. The number of thiophene rings is 1. The number of hydrogen-bond acceptors (Lipinski definition) is 6. The maximum Gasteiger partial charge on any atom is 0.341 e. The normalized spacial score (nSPS) is 13.5. The second kappa shape index (κ2) is 9.54. The van der Waals surface area contributed by atoms with Crippen molar-refractivity contribution >= 4 is 28.2 Å². The van der Waals surface area contributed by atoms with Crippen molar-refractivity contribution in [2.24, 2.45) is 0 Å². The monoisotopic (exact) mass is 450 g/mol. The average Bonchev–Trinajstić information content (AvgIpc) is 3.16. The van der Waals surface area contributed by atoms with Gasteiger partial charge in [0.05, 0.1) is 18.2 Å². The molecule has 0 spiro atoms. The maximum atomic E-state index is 13.2. The summed E-state index contributed by atoms with van der Waals surface area (Å²) in [6, 6.07) is 16.8. The molecule has 7 heteroatoms. The summed E-state index contributed by atoms with van der Waals surface area (Å²) in [5.41, 5.74) is 1.83. The number of amides is 1. The molecule has 6 nitrogen and oxygen atoms in total. The predicted octanol–water partition coefficient (Wildman–Crippen LogP) is 5.35. The summed E-state index contributed by atoms with van der Waals surface area (Å²) in [4.78, 5) is 29.3. The molecule has 0 atom stereocenters. The topological polar surface area (TPSA) is 67.9 Å². The highest BCUT2D eigenvalue weighted by Gasteiger charge is 2.30. The van der Waals surface area contributed by atoms with Gasteiger partial charge in [0.2, 0.25) is 0 Å². The van der Waals surface area contributed by atoms with Crippen molar-refractivity contribution < 1.29 is 19.1 Å². The number of carbonyl (C=O) groups is 2. The summed E-state index contributed by atoms with van der Waals surface area (Å²) in [6.07, 6.45) is 0.748. The van der Waals surface area contributed by atoms with Crippen LogP contribution in [0.25, 0.3) is 0 Å². The maximum absolute atomic E-state index is 13.2. The lowest BCUT2D eigenvalue weighted by molar-refractivity contribution is 0.0600. The summed E-state index contributed by atoms with van der Waals surface area (Å²) >= 11 is 1.44. The van der Waals surface area contributed by atoms with Crippen molar-refractivity contribution in [3.63, 3.8) is 0 Å². The fourth-order valence-electron chi connectivity index (χ4n) is 3.80. The van der Waals surface area contributed by atoms with Gasteiger partial charge in [-0.2, -0.15) is 0 Å². The Labute approximate surface area is 191 Å². The number of hydrogen-bond donors (Lipinski definition) is 1. The number of ether oxygens (including phenoxy) is 2. The van der Waals surface area contributed by atoms with Crippen LogP contribution in [0.15, 0.2) is 54.6 Å². The van der Waals surface area contributed by atoms with Gasteiger partial charge < -0.3 is 14.8 Å². The third-order valence-corrected chi connectivity index (χ3v) is 6.67. The van der Waals surface area contributed by atoms with Crippen LogP contribution in [0.4, 0.5) is 5.00 Å². The van der Waals surface area contributed by atoms with Crippen molar-refractivity contribution in [1.29, 1.82) is 0 Å². The Balaban J connectivity index is 1.64. The van der Waals surface area contributed by atoms with Crippen LogP contribution in [-0.4, -0.2) is 36.5 Å². The van der Waals surface area contributed by atoms with Gasteiger partial charge in [-0.1, -0.05) is 30.3 Å². The summed E-state index contributed by atoms with van der Waals surface area (Å²) in [6.45, 7) is 5.94. The number of benzene rings is 2. The Hall–Kier alpha value is -3.16. The van der Waals surface area contributed by atoms with Crippen molar-refractivity contribution in [3.05, 3.63) is 76.2 Å². The second-order valence-corrected chi connectivity index (χ2v) is 8.98. The molecule has 0 bridgehead atoms. The molecule has 3 aromatic rings. The van der Waals surface area contributed by atoms with Crippen LogP contribution >= 0.6 is 11.3 Å². The number of methoxy groups -OCH3 is 1. The number of esters is 1. The first-order chi connectivity index (χ1) is 15.5. The van der Waals surface area contributed by atoms with Gasteiger partial charge in [-0.25, -0.2) is 4.79 Å². The van der Waals surface area contributed by atoms with E-state index in [1.165, 1.54) is 18.4 Å². The summed E-state index contributed by atoms with van der Waals surface area (Å²) in [5.74, 6) is 0.331. The molecule has 166 valence electrons. The second-order valence-electron chi connectivity index (χ2n) is 7.88. The van der Waals surface area contributed by atoms with Gasteiger partial charge >= 0.3 is 5.97 Å². The molecule has 0 unspecified atom stereocenters. The van der Waals surface area contributed by atoms with Crippen LogP contribution in [0.5, 0.6) is 11.5 Å². The van der Waals surface area contributed by atoms with Crippen LogP contribution in [0.2, 0.25) is 0 Å². The van der Waals surface area contributed by atoms with Gasteiger partial charge in [0.25, 0.3) is 5.91 Å². The Bertz CT molecular complexity index is 1120. The van der Waals surface area contributed by atoms with Crippen LogP contribution in [0, 0.1) is 0 Å². The molecule has 4 rings (SSSR count). The fraction of sp³-hybridized carbons (Fsp3) is 0.280. The number of fused-ring (bicyclic) bond motifs is 1. The van der Waals surface area contributed by atoms with E-state index in [1.807, 2.05) is 36.4 Å². The van der Waals surface area contributed by atoms with E-state index in [0.717, 1.165) is 30.0 Å². The Morgan fingerprint density at radius 3 is 2.50 bits per heavy atom. The van der Waals surface area contributed by atoms with Gasteiger partial charge in [0.1, 0.15) is 16.5 Å². The minimum absolute atomic E-state index is 0.332. The van der Waals surface area contributed by atoms with Gasteiger partial charge in [-0.05, 0) is 50.1 Å². The zero-order valence-corrected chi connectivity index (χ0v) is 19.2. The van der Waals surface area contributed by atoms with Crippen LogP contribution < -0.4 is 10.1 Å². The molecule has 0 aliphatic carbocycles. The van der Waals surface area contributed by atoms with Gasteiger partial charge in [-0.15, -0.1) is 11.3 Å². The highest BCUT2D eigenvalue weighted by molar-refractivity contribution is 7.17. The molecule has 0 saturated heterocycles. The first-order valence-electron chi connectivity index (χ1n) is 10.6. The third-order valence-electron chi connectivity index (χ3n) is 5.54. The van der Waals surface area contributed by atoms with E-state index in [0.29, 0.717) is 33.7 Å². The third kappa shape index (κ3) is 4.54. The number of carbonyl (C=O) groups excluding carboxylic acids is 2. The summed E-state index contributed by atoms with van der Waals surface area (Å²) < 4.78 is 11.0. The molecule has 2 heterocycles. The molecule has 1 N–H and O–H groups in total. The summed E-state index contributed by atoms with van der Waals surface area (Å²) in [7, 11) is 1.37. The lowest BCUT2D eigenvalue weighted by Gasteiger charge is -2.30. The van der Waals surface area contributed by atoms with Crippen molar-refractivity contribution in [3.8, 4) is 11.5 Å². The van der Waals surface area contributed by atoms with E-state index in [2.05, 4.69) is 24.1 Å². The molecule has 0 radical (unpaired) electrons. The van der Waals surface area contributed by atoms with E-state index >= 15 is 0 Å². The van der Waals surface area contributed by atoms with Crippen LogP contribution in [0.1, 0.15) is 45.0 Å². The van der Waals surface area contributed by atoms with Crippen molar-refractivity contribution in [2.45, 2.75) is 32.9 Å². The zero-order chi connectivity index (χ0) is 22.7. The van der Waals surface area contributed by atoms with E-state index in [1.54, 1.807) is 18.2 Å². The minimum Gasteiger partial charge on any atom is -0.465 e. The molecular formula is C25H26N2O4S. The van der Waals surface area contributed by atoms with E-state index in [9.17, 15) is 9.59 Å². The van der Waals surface area contributed by atoms with Crippen molar-refractivity contribution in [1.82, 2.24) is 4.90 Å². The molecule has 1 aromatic heterocycles. The number of nitrogens with one attached hydrogen (secondary N) is 1. The number of anilines is 1. The Morgan fingerprint density at radius 1 is 1.06 bits per heavy atom. The van der Waals surface area contributed by atoms with Crippen LogP contribution in [0.3, 0.4) is 0 Å². The first-order valence-corrected chi connectivity index (χ1v) is 11.4. The van der Waals surface area contributed by atoms with Crippen molar-refractivity contribution in [2.75, 3.05) is 19.0 Å². The highest BCUT2D eigenvalue weighted by atomic mass is 32.1. The van der Waals surface area contributed by atoms with E-state index in [-0.39, 0.29) is 5.91 Å². The molecule has 1 aliphatic heterocycles. The molecule has 32 heavy (non-hydrogen) atoms. The standard InChI is InChI=1S/C25H26N2O4S/c1-16(2)27-14-13-19-21(15-27)32-24(22(19)25(29)30-3)26-23(28)18-11-7-8-12-20(18)31-17-9-5-4-6-10-17/h4-12,16H,13-15H2,1-3H3,(H,26,28). The highest BCUT2D eigenvalue weighted by Crippen LogP contribution is 2.38. The van der Waals surface area contributed by atoms with Gasteiger partial charge in [0, 0.05) is 24.0 Å². The van der Waals surface area contributed by atoms with Gasteiger partial charge in [-0.3, -0.25) is 9.69 Å². The fourth-order valence-corrected chi connectivity index (χ4v) is 5.06. The lowest BCUT2D eigenvalue weighted by atomic mass is 10.0. The largest absolute Gasteiger partial charge is 0.465 e. The SMILES string of the molecule is COC(=O)c1c(NC(=O)c2ccccc2Oc2ccccc2)sc2c1CCN(C(C)C)C2. The Morgan fingerprint density at radius 2 is 1.78 bits per heavy atom. The summed E-state index contributed by atoms with van der Waals surface area (Å²) in [5, 5.41) is 3.47. The molecule has 1 amide bonds. The first kappa shape index (κ1) is 22.0. The Kier molecular flexibility index (Phi) is 6.58.